The van der Waals surface area contributed by atoms with Gasteiger partial charge in [0.2, 0.25) is 11.9 Å². The maximum atomic E-state index is 11.6. The second-order valence-corrected chi connectivity index (χ2v) is 8.04. The molecule has 1 aliphatic heterocycles. The number of amides is 1. The zero-order chi connectivity index (χ0) is 22.0. The molecular formula is C22H28N8O. The fourth-order valence-corrected chi connectivity index (χ4v) is 3.71. The third kappa shape index (κ3) is 4.51. The van der Waals surface area contributed by atoms with Crippen LogP contribution < -0.4 is 21.3 Å². The third-order valence-electron chi connectivity index (χ3n) is 5.28. The van der Waals surface area contributed by atoms with E-state index in [-0.39, 0.29) is 18.0 Å². The summed E-state index contributed by atoms with van der Waals surface area (Å²) >= 11 is 0. The first kappa shape index (κ1) is 20.8. The molecule has 4 rings (SSSR count). The number of nitrogens with zero attached hydrogens (tertiary/aromatic N) is 5. The van der Waals surface area contributed by atoms with Gasteiger partial charge in [0, 0.05) is 36.5 Å². The Morgan fingerprint density at radius 2 is 2.13 bits per heavy atom. The van der Waals surface area contributed by atoms with Gasteiger partial charge in [0.05, 0.1) is 6.33 Å². The quantitative estimate of drug-likeness (QED) is 0.525. The summed E-state index contributed by atoms with van der Waals surface area (Å²) in [6, 6.07) is 7.75. The first-order chi connectivity index (χ1) is 14.9. The van der Waals surface area contributed by atoms with Crippen molar-refractivity contribution in [2.45, 2.75) is 38.8 Å². The summed E-state index contributed by atoms with van der Waals surface area (Å²) in [6.45, 7) is 9.28. The standard InChI is InChI=1S/C22H28N8O/c1-4-18(31)25-16-8-5-9-17(11-16)26-20-19-21(30(13-24-19)14(2)3)28-22(27-20)29-10-6-7-15(23)12-29/h4-5,8-9,11,13-15H,1,6-7,10,12,23H2,2-3H3,(H,25,31)(H,26,27,28). The third-order valence-corrected chi connectivity index (χ3v) is 5.28. The SMILES string of the molecule is C=CC(=O)Nc1cccc(Nc2nc(N3CCCC(N)C3)nc3c2ncn3C(C)C)c1. The zero-order valence-corrected chi connectivity index (χ0v) is 17.9. The largest absolute Gasteiger partial charge is 0.339 e. The van der Waals surface area contributed by atoms with Crippen molar-refractivity contribution in [1.82, 2.24) is 19.5 Å². The smallest absolute Gasteiger partial charge is 0.247 e. The van der Waals surface area contributed by atoms with Crippen molar-refractivity contribution < 1.29 is 4.79 Å². The topological polar surface area (TPSA) is 114 Å². The van der Waals surface area contributed by atoms with Crippen LogP contribution in [0, 0.1) is 0 Å². The minimum atomic E-state index is -0.263. The molecule has 162 valence electrons. The van der Waals surface area contributed by atoms with Crippen molar-refractivity contribution in [2.75, 3.05) is 28.6 Å². The van der Waals surface area contributed by atoms with Crippen molar-refractivity contribution in [3.05, 3.63) is 43.2 Å². The number of anilines is 4. The Bertz CT molecular complexity index is 1110. The number of aromatic nitrogens is 4. The lowest BCUT2D eigenvalue weighted by Crippen LogP contribution is -2.43. The number of rotatable bonds is 6. The summed E-state index contributed by atoms with van der Waals surface area (Å²) in [5.74, 6) is 0.996. The predicted molar refractivity (Wildman–Crippen MR) is 124 cm³/mol. The van der Waals surface area contributed by atoms with Crippen LogP contribution in [0.1, 0.15) is 32.7 Å². The molecule has 0 bridgehead atoms. The molecule has 1 saturated heterocycles. The number of carbonyl (C=O) groups excluding carboxylic acids is 1. The lowest BCUT2D eigenvalue weighted by molar-refractivity contribution is -0.111. The van der Waals surface area contributed by atoms with E-state index in [1.165, 1.54) is 6.08 Å². The highest BCUT2D eigenvalue weighted by Crippen LogP contribution is 2.29. The van der Waals surface area contributed by atoms with Crippen LogP contribution in [0.4, 0.5) is 23.1 Å². The molecule has 0 spiro atoms. The van der Waals surface area contributed by atoms with E-state index in [9.17, 15) is 4.79 Å². The van der Waals surface area contributed by atoms with Crippen molar-refractivity contribution in [2.24, 2.45) is 5.73 Å². The number of hydrogen-bond acceptors (Lipinski definition) is 7. The molecule has 9 heteroatoms. The lowest BCUT2D eigenvalue weighted by atomic mass is 10.1. The molecule has 0 saturated carbocycles. The number of carbonyl (C=O) groups is 1. The predicted octanol–water partition coefficient (Wildman–Crippen LogP) is 3.20. The number of nitrogens with two attached hydrogens (primary N) is 1. The van der Waals surface area contributed by atoms with Crippen molar-refractivity contribution >= 4 is 40.2 Å². The molecule has 1 atom stereocenters. The van der Waals surface area contributed by atoms with Gasteiger partial charge in [0.25, 0.3) is 0 Å². The average Bonchev–Trinajstić information content (AvgIpc) is 3.18. The molecule has 1 unspecified atom stereocenters. The van der Waals surface area contributed by atoms with Gasteiger partial charge in [0.1, 0.15) is 0 Å². The molecular weight excluding hydrogens is 392 g/mol. The van der Waals surface area contributed by atoms with E-state index in [0.717, 1.165) is 37.3 Å². The number of hydrogen-bond donors (Lipinski definition) is 3. The van der Waals surface area contributed by atoms with Crippen molar-refractivity contribution in [3.63, 3.8) is 0 Å². The normalized spacial score (nSPS) is 16.5. The minimum absolute atomic E-state index is 0.115. The Morgan fingerprint density at radius 1 is 1.32 bits per heavy atom. The minimum Gasteiger partial charge on any atom is -0.339 e. The summed E-state index contributed by atoms with van der Waals surface area (Å²) in [7, 11) is 0. The Balaban J connectivity index is 1.73. The van der Waals surface area contributed by atoms with Gasteiger partial charge in [-0.25, -0.2) is 4.98 Å². The Kier molecular flexibility index (Phi) is 5.85. The summed E-state index contributed by atoms with van der Waals surface area (Å²) < 4.78 is 2.04. The molecule has 0 radical (unpaired) electrons. The molecule has 31 heavy (non-hydrogen) atoms. The van der Waals surface area contributed by atoms with E-state index in [4.69, 9.17) is 15.7 Å². The van der Waals surface area contributed by atoms with Crippen LogP contribution in [0.15, 0.2) is 43.2 Å². The second-order valence-electron chi connectivity index (χ2n) is 8.04. The molecule has 4 N–H and O–H groups in total. The fourth-order valence-electron chi connectivity index (χ4n) is 3.71. The highest BCUT2D eigenvalue weighted by molar-refractivity contribution is 5.99. The van der Waals surface area contributed by atoms with Crippen molar-refractivity contribution in [3.8, 4) is 0 Å². The van der Waals surface area contributed by atoms with Gasteiger partial charge >= 0.3 is 0 Å². The van der Waals surface area contributed by atoms with Gasteiger partial charge in [0.15, 0.2) is 17.0 Å². The second kappa shape index (κ2) is 8.73. The van der Waals surface area contributed by atoms with Crippen LogP contribution in [0.5, 0.6) is 0 Å². The van der Waals surface area contributed by atoms with Crippen molar-refractivity contribution in [1.29, 1.82) is 0 Å². The van der Waals surface area contributed by atoms with Crippen LogP contribution in [0.3, 0.4) is 0 Å². The lowest BCUT2D eigenvalue weighted by Gasteiger charge is -2.31. The summed E-state index contributed by atoms with van der Waals surface area (Å²) in [4.78, 5) is 28.0. The summed E-state index contributed by atoms with van der Waals surface area (Å²) in [5.41, 5.74) is 9.10. The number of fused-ring (bicyclic) bond motifs is 1. The Hall–Kier alpha value is -3.46. The number of nitrogens with one attached hydrogen (secondary N) is 2. The molecule has 9 nitrogen and oxygen atoms in total. The van der Waals surface area contributed by atoms with Crippen LogP contribution in [-0.4, -0.2) is 44.6 Å². The van der Waals surface area contributed by atoms with Crippen LogP contribution in [0.25, 0.3) is 11.2 Å². The van der Waals surface area contributed by atoms with E-state index in [0.29, 0.717) is 23.0 Å². The maximum Gasteiger partial charge on any atom is 0.247 e. The molecule has 3 aromatic rings. The van der Waals surface area contributed by atoms with E-state index >= 15 is 0 Å². The molecule has 0 aliphatic carbocycles. The average molecular weight is 421 g/mol. The zero-order valence-electron chi connectivity index (χ0n) is 17.9. The summed E-state index contributed by atoms with van der Waals surface area (Å²) in [5, 5.41) is 6.13. The summed E-state index contributed by atoms with van der Waals surface area (Å²) in [6.07, 6.45) is 5.06. The van der Waals surface area contributed by atoms with Gasteiger partial charge in [-0.3, -0.25) is 4.79 Å². The van der Waals surface area contributed by atoms with Gasteiger partial charge in [-0.15, -0.1) is 0 Å². The van der Waals surface area contributed by atoms with E-state index in [1.807, 2.05) is 28.8 Å². The Morgan fingerprint density at radius 3 is 2.87 bits per heavy atom. The number of piperidine rings is 1. The molecule has 2 aromatic heterocycles. The van der Waals surface area contributed by atoms with Crippen LogP contribution in [0.2, 0.25) is 0 Å². The highest BCUT2D eigenvalue weighted by atomic mass is 16.1. The monoisotopic (exact) mass is 420 g/mol. The van der Waals surface area contributed by atoms with Gasteiger partial charge < -0.3 is 25.8 Å². The fraction of sp³-hybridized carbons (Fsp3) is 0.364. The van der Waals surface area contributed by atoms with Crippen LogP contribution in [-0.2, 0) is 4.79 Å². The van der Waals surface area contributed by atoms with E-state index < -0.39 is 0 Å². The van der Waals surface area contributed by atoms with Gasteiger partial charge in [-0.2, -0.15) is 9.97 Å². The molecule has 1 fully saturated rings. The maximum absolute atomic E-state index is 11.6. The number of benzene rings is 1. The molecule has 1 aromatic carbocycles. The first-order valence-electron chi connectivity index (χ1n) is 10.5. The highest BCUT2D eigenvalue weighted by Gasteiger charge is 2.22. The van der Waals surface area contributed by atoms with E-state index in [2.05, 4.69) is 40.9 Å². The van der Waals surface area contributed by atoms with Gasteiger partial charge in [-0.1, -0.05) is 12.6 Å². The molecule has 1 aliphatic rings. The van der Waals surface area contributed by atoms with Crippen LogP contribution >= 0.6 is 0 Å². The molecule has 1 amide bonds. The molecule has 3 heterocycles. The van der Waals surface area contributed by atoms with Gasteiger partial charge in [-0.05, 0) is 51.0 Å². The first-order valence-corrected chi connectivity index (χ1v) is 10.5. The Labute approximate surface area is 181 Å². The van der Waals surface area contributed by atoms with E-state index in [1.54, 1.807) is 6.33 Å². The number of imidazole rings is 1.